The molecule has 7 N–H and O–H groups in total. The number of esters is 4. The number of carbonyl (C=O) groups is 9. The molecule has 6 rings (SSSR count). The van der Waals surface area contributed by atoms with E-state index in [9.17, 15) is 43.2 Å². The minimum Gasteiger partial charge on any atom is -0.481 e. The maximum Gasteiger partial charge on any atom is 0.335 e. The van der Waals surface area contributed by atoms with Crippen LogP contribution in [0, 0.1) is 0 Å². The van der Waals surface area contributed by atoms with Gasteiger partial charge in [-0.2, -0.15) is 0 Å². The largest absolute Gasteiger partial charge is 0.481 e. The lowest BCUT2D eigenvalue weighted by Gasteiger charge is -2.17. The fourth-order valence-electron chi connectivity index (χ4n) is 7.19. The normalized spacial score (nSPS) is 11.2. The van der Waals surface area contributed by atoms with Gasteiger partial charge in [-0.1, -0.05) is 127 Å². The van der Waals surface area contributed by atoms with Gasteiger partial charge in [-0.25, -0.2) is 14.4 Å². The SMILES string of the molecule is CCOC(=O)CC[C@H](N)C(=O)OCC.CCOC(=O)CC[C@H](NC(=O)c1ccc(-c2ccccc2)cc1)C(=O)OCC.O=C(O)CC[C@H](NC(=O)c1ccc(-c2ccccc2)cc1)C(=O)O.O=C(O)c1ccc(-c2ccccc2)cc1. The summed E-state index contributed by atoms with van der Waals surface area (Å²) in [4.78, 5) is 103. The Labute approximate surface area is 470 Å². The zero-order chi connectivity index (χ0) is 59.5. The van der Waals surface area contributed by atoms with Gasteiger partial charge in [-0.3, -0.25) is 28.8 Å². The molecule has 3 atom stereocenters. The second-order valence-corrected chi connectivity index (χ2v) is 17.3. The topological polar surface area (TPSA) is 301 Å². The first-order chi connectivity index (χ1) is 38.9. The lowest BCUT2D eigenvalue weighted by molar-refractivity contribution is -0.148. The highest BCUT2D eigenvalue weighted by atomic mass is 16.5. The van der Waals surface area contributed by atoms with Gasteiger partial charge in [0.05, 0.1) is 32.0 Å². The zero-order valence-corrected chi connectivity index (χ0v) is 45.6. The zero-order valence-electron chi connectivity index (χ0n) is 45.6. The molecule has 2 amide bonds. The first-order valence-electron chi connectivity index (χ1n) is 26.1. The van der Waals surface area contributed by atoms with Gasteiger partial charge in [0.2, 0.25) is 0 Å². The Morgan fingerprint density at radius 1 is 0.395 bits per heavy atom. The van der Waals surface area contributed by atoms with E-state index in [4.69, 9.17) is 30.5 Å². The Morgan fingerprint density at radius 3 is 1.06 bits per heavy atom. The molecular weight excluding hydrogens is 1040 g/mol. The summed E-state index contributed by atoms with van der Waals surface area (Å²) in [6.07, 6.45) is 0.0459. The Bertz CT molecular complexity index is 2920. The maximum atomic E-state index is 12.5. The van der Waals surface area contributed by atoms with E-state index in [1.165, 1.54) is 0 Å². The first kappa shape index (κ1) is 65.8. The third kappa shape index (κ3) is 24.8. The third-order valence-electron chi connectivity index (χ3n) is 11.4. The van der Waals surface area contributed by atoms with E-state index in [-0.39, 0.29) is 57.7 Å². The number of benzene rings is 6. The number of nitrogens with two attached hydrogens (primary N) is 1. The molecule has 6 aromatic rings. The number of carboxylic acid groups (broad SMARTS) is 3. The number of hydrogen-bond acceptors (Lipinski definition) is 14. The average molecular weight is 1110 g/mol. The van der Waals surface area contributed by atoms with Gasteiger partial charge >= 0.3 is 41.8 Å². The first-order valence-corrected chi connectivity index (χ1v) is 26.1. The summed E-state index contributed by atoms with van der Waals surface area (Å²) < 4.78 is 19.2. The number of hydrogen-bond donors (Lipinski definition) is 6. The number of carboxylic acids is 3. The second-order valence-electron chi connectivity index (χ2n) is 17.3. The number of rotatable bonds is 24. The predicted octanol–water partition coefficient (Wildman–Crippen LogP) is 9.03. The van der Waals surface area contributed by atoms with Crippen LogP contribution in [0.25, 0.3) is 33.4 Å². The molecule has 19 heteroatoms. The van der Waals surface area contributed by atoms with Crippen molar-refractivity contribution in [2.24, 2.45) is 5.73 Å². The molecule has 0 radical (unpaired) electrons. The number of carbonyl (C=O) groups excluding carboxylic acids is 6. The molecule has 0 saturated heterocycles. The molecule has 428 valence electrons. The van der Waals surface area contributed by atoms with Crippen LogP contribution in [0.15, 0.2) is 164 Å². The minimum atomic E-state index is -1.26. The van der Waals surface area contributed by atoms with Crippen LogP contribution in [0.4, 0.5) is 0 Å². The van der Waals surface area contributed by atoms with E-state index in [0.29, 0.717) is 29.9 Å². The van der Waals surface area contributed by atoms with Gasteiger partial charge in [0.15, 0.2) is 0 Å². The highest BCUT2D eigenvalue weighted by Gasteiger charge is 2.25. The summed E-state index contributed by atoms with van der Waals surface area (Å²) >= 11 is 0. The molecule has 0 heterocycles. The molecule has 81 heavy (non-hydrogen) atoms. The van der Waals surface area contributed by atoms with Crippen molar-refractivity contribution >= 4 is 53.6 Å². The van der Waals surface area contributed by atoms with Crippen molar-refractivity contribution in [1.82, 2.24) is 10.6 Å². The van der Waals surface area contributed by atoms with Crippen molar-refractivity contribution in [1.29, 1.82) is 0 Å². The fraction of sp³-hybridized carbons (Fsp3) is 0.274. The summed E-state index contributed by atoms with van der Waals surface area (Å²) in [6, 6.07) is 47.1. The van der Waals surface area contributed by atoms with Crippen LogP contribution >= 0.6 is 0 Å². The van der Waals surface area contributed by atoms with Crippen LogP contribution in [0.2, 0.25) is 0 Å². The maximum absolute atomic E-state index is 12.5. The lowest BCUT2D eigenvalue weighted by atomic mass is 10.0. The van der Waals surface area contributed by atoms with Crippen molar-refractivity contribution < 1.29 is 77.4 Å². The molecule has 19 nitrogen and oxygen atoms in total. The van der Waals surface area contributed by atoms with E-state index in [1.807, 2.05) is 115 Å². The molecule has 0 aliphatic carbocycles. The number of nitrogens with one attached hydrogen (secondary N) is 2. The number of amides is 2. The average Bonchev–Trinajstić information content (AvgIpc) is 3.48. The predicted molar refractivity (Wildman–Crippen MR) is 303 cm³/mol. The molecule has 0 aliphatic heterocycles. The van der Waals surface area contributed by atoms with Crippen molar-refractivity contribution in [2.75, 3.05) is 26.4 Å². The number of aromatic carboxylic acids is 1. The number of aliphatic carboxylic acids is 2. The number of ether oxygens (including phenoxy) is 4. The molecule has 0 fully saturated rings. The highest BCUT2D eigenvalue weighted by Crippen LogP contribution is 2.22. The van der Waals surface area contributed by atoms with Crippen LogP contribution in [0.3, 0.4) is 0 Å². The van der Waals surface area contributed by atoms with E-state index in [1.54, 1.807) is 76.2 Å². The van der Waals surface area contributed by atoms with Gasteiger partial charge in [-0.05, 0) is 117 Å². The Kier molecular flexibility index (Phi) is 29.7. The fourth-order valence-corrected chi connectivity index (χ4v) is 7.19. The summed E-state index contributed by atoms with van der Waals surface area (Å²) in [7, 11) is 0. The van der Waals surface area contributed by atoms with Gasteiger partial charge in [0, 0.05) is 30.4 Å². The van der Waals surface area contributed by atoms with Crippen LogP contribution in [0.1, 0.15) is 97.3 Å². The highest BCUT2D eigenvalue weighted by molar-refractivity contribution is 5.98. The van der Waals surface area contributed by atoms with Crippen molar-refractivity contribution in [2.45, 2.75) is 84.3 Å². The van der Waals surface area contributed by atoms with Crippen LogP contribution in [-0.2, 0) is 47.7 Å². The Hall–Kier alpha value is -9.49. The molecule has 0 spiro atoms. The van der Waals surface area contributed by atoms with Crippen LogP contribution < -0.4 is 16.4 Å². The molecule has 0 bridgehead atoms. The van der Waals surface area contributed by atoms with E-state index in [0.717, 1.165) is 33.4 Å². The minimum absolute atomic E-state index is 0.0184. The molecule has 0 saturated carbocycles. The van der Waals surface area contributed by atoms with E-state index in [2.05, 4.69) is 20.1 Å². The molecule has 0 unspecified atom stereocenters. The van der Waals surface area contributed by atoms with E-state index < -0.39 is 65.8 Å². The Morgan fingerprint density at radius 2 is 0.716 bits per heavy atom. The summed E-state index contributed by atoms with van der Waals surface area (Å²) in [6.45, 7) is 7.92. The second kappa shape index (κ2) is 36.6. The van der Waals surface area contributed by atoms with Gasteiger partial charge in [0.1, 0.15) is 18.1 Å². The summed E-state index contributed by atoms with van der Waals surface area (Å²) in [5.74, 6) is -6.01. The molecular formula is C62H69N3O16. The molecule has 0 aliphatic rings. The van der Waals surface area contributed by atoms with Crippen molar-refractivity contribution in [3.05, 3.63) is 180 Å². The van der Waals surface area contributed by atoms with Gasteiger partial charge in [-0.15, -0.1) is 0 Å². The van der Waals surface area contributed by atoms with E-state index >= 15 is 0 Å². The molecule has 0 aromatic heterocycles. The van der Waals surface area contributed by atoms with Gasteiger partial charge in [0.25, 0.3) is 11.8 Å². The summed E-state index contributed by atoms with van der Waals surface area (Å²) in [5.41, 5.74) is 12.6. The standard InChI is InChI=1S/C22H25NO5.C18H17NO5.C13H10O2.C9H17NO4/c1-3-27-20(24)15-14-19(22(26)28-4-2)23-21(25)18-12-10-17(11-13-18)16-8-6-5-7-9-16;20-16(21)11-10-15(18(23)24)19-17(22)14-8-6-13(7-9-14)12-4-2-1-3-5-12;14-13(15)12-8-6-11(7-9-12)10-4-2-1-3-5-10;1-3-13-8(11)6-5-7(10)9(12)14-4-2/h5-13,19H,3-4,14-15H2,1-2H3,(H,23,25);1-9,15H,10-11H2,(H,19,22)(H,20,21)(H,23,24);1-9H,(H,14,15);7H,3-6,10H2,1-2H3/t19-;15-;;7-/m00.0/s1. The molecule has 6 aromatic carbocycles. The van der Waals surface area contributed by atoms with Crippen molar-refractivity contribution in [3.8, 4) is 33.4 Å². The van der Waals surface area contributed by atoms with Crippen LogP contribution in [0.5, 0.6) is 0 Å². The smallest absolute Gasteiger partial charge is 0.335 e. The lowest BCUT2D eigenvalue weighted by Crippen LogP contribution is -2.42. The van der Waals surface area contributed by atoms with Crippen molar-refractivity contribution in [3.63, 3.8) is 0 Å². The monoisotopic (exact) mass is 1110 g/mol. The quantitative estimate of drug-likeness (QED) is 0.0243. The third-order valence-corrected chi connectivity index (χ3v) is 11.4. The summed E-state index contributed by atoms with van der Waals surface area (Å²) in [5, 5.41) is 31.4. The van der Waals surface area contributed by atoms with Crippen LogP contribution in [-0.4, -0.2) is 113 Å². The Balaban J connectivity index is 0.000000295. The van der Waals surface area contributed by atoms with Gasteiger partial charge < -0.3 is 50.6 Å².